The van der Waals surface area contributed by atoms with Crippen LogP contribution in [0.4, 0.5) is 0 Å². The summed E-state index contributed by atoms with van der Waals surface area (Å²) in [6, 6.07) is 7.83. The SMILES string of the molecule is CC1=C[C@@]2(C)C(=O)[C@@](O)(CCl)[C@@H]1[C@H]1Oc3ccccc3[C@H]12. The first-order valence-electron chi connectivity index (χ1n) is 7.21. The average molecular weight is 305 g/mol. The Hall–Kier alpha value is -1.32. The largest absolute Gasteiger partial charge is 0.489 e. The maximum atomic E-state index is 12.9. The Labute approximate surface area is 128 Å². The number of para-hydroxylation sites is 1. The minimum absolute atomic E-state index is 0.0432. The molecule has 110 valence electrons. The summed E-state index contributed by atoms with van der Waals surface area (Å²) in [5.41, 5.74) is -0.240. The van der Waals surface area contributed by atoms with Crippen LogP contribution in [0.5, 0.6) is 5.75 Å². The van der Waals surface area contributed by atoms with Crippen molar-refractivity contribution in [1.29, 1.82) is 0 Å². The maximum Gasteiger partial charge on any atom is 0.176 e. The zero-order chi connectivity index (χ0) is 15.0. The number of allylic oxidation sites excluding steroid dienone is 1. The van der Waals surface area contributed by atoms with E-state index in [2.05, 4.69) is 0 Å². The molecule has 2 bridgehead atoms. The molecule has 1 saturated carbocycles. The molecule has 4 heteroatoms. The van der Waals surface area contributed by atoms with Crippen molar-refractivity contribution in [3.8, 4) is 5.75 Å². The highest BCUT2D eigenvalue weighted by atomic mass is 35.5. The molecular formula is C17H17ClO3. The van der Waals surface area contributed by atoms with Gasteiger partial charge in [0.15, 0.2) is 5.78 Å². The van der Waals surface area contributed by atoms with Gasteiger partial charge in [0.05, 0.1) is 17.2 Å². The lowest BCUT2D eigenvalue weighted by Gasteiger charge is -2.55. The topological polar surface area (TPSA) is 46.5 Å². The van der Waals surface area contributed by atoms with Crippen LogP contribution in [-0.4, -0.2) is 28.5 Å². The Morgan fingerprint density at radius 2 is 2.05 bits per heavy atom. The zero-order valence-corrected chi connectivity index (χ0v) is 12.7. The first-order valence-corrected chi connectivity index (χ1v) is 7.75. The van der Waals surface area contributed by atoms with Gasteiger partial charge in [0.1, 0.15) is 17.5 Å². The van der Waals surface area contributed by atoms with Gasteiger partial charge in [0.2, 0.25) is 0 Å². The first kappa shape index (κ1) is 13.4. The predicted octanol–water partition coefficient (Wildman–Crippen LogP) is 2.67. The number of Topliss-reactive ketones (excluding diaryl/α,β-unsaturated/α-hetero) is 1. The normalized spacial score (nSPS) is 43.1. The molecule has 0 spiro atoms. The van der Waals surface area contributed by atoms with Crippen LogP contribution in [0.1, 0.15) is 25.3 Å². The van der Waals surface area contributed by atoms with E-state index < -0.39 is 11.0 Å². The van der Waals surface area contributed by atoms with E-state index in [1.165, 1.54) is 0 Å². The van der Waals surface area contributed by atoms with Crippen molar-refractivity contribution >= 4 is 17.4 Å². The molecule has 0 amide bonds. The van der Waals surface area contributed by atoms with Gasteiger partial charge in [-0.2, -0.15) is 0 Å². The van der Waals surface area contributed by atoms with Crippen LogP contribution in [0.15, 0.2) is 35.9 Å². The van der Waals surface area contributed by atoms with E-state index in [0.29, 0.717) is 0 Å². The highest BCUT2D eigenvalue weighted by Gasteiger charge is 2.69. The lowest BCUT2D eigenvalue weighted by Crippen LogP contribution is -2.68. The van der Waals surface area contributed by atoms with E-state index in [-0.39, 0.29) is 29.6 Å². The molecular weight excluding hydrogens is 288 g/mol. The highest BCUT2D eigenvalue weighted by Crippen LogP contribution is 2.62. The van der Waals surface area contributed by atoms with Gasteiger partial charge in [-0.1, -0.05) is 29.8 Å². The second-order valence-electron chi connectivity index (χ2n) is 6.63. The van der Waals surface area contributed by atoms with Gasteiger partial charge in [-0.05, 0) is 19.9 Å². The van der Waals surface area contributed by atoms with E-state index in [0.717, 1.165) is 16.9 Å². The number of fused-ring (bicyclic) bond motifs is 2. The molecule has 0 radical (unpaired) electrons. The maximum absolute atomic E-state index is 12.9. The molecule has 0 saturated heterocycles. The van der Waals surface area contributed by atoms with Crippen LogP contribution in [0.2, 0.25) is 0 Å². The van der Waals surface area contributed by atoms with E-state index in [4.69, 9.17) is 16.3 Å². The van der Waals surface area contributed by atoms with Crippen LogP contribution < -0.4 is 4.74 Å². The van der Waals surface area contributed by atoms with Crippen LogP contribution in [0, 0.1) is 11.3 Å². The minimum atomic E-state index is -1.53. The van der Waals surface area contributed by atoms with Gasteiger partial charge < -0.3 is 9.84 Å². The van der Waals surface area contributed by atoms with Crippen molar-refractivity contribution in [2.75, 3.05) is 5.88 Å². The summed E-state index contributed by atoms with van der Waals surface area (Å²) in [6.07, 6.45) is 1.78. The van der Waals surface area contributed by atoms with E-state index in [1.54, 1.807) is 0 Å². The number of hydrogen-bond acceptors (Lipinski definition) is 3. The van der Waals surface area contributed by atoms with Crippen molar-refractivity contribution < 1.29 is 14.6 Å². The number of ketones is 1. The quantitative estimate of drug-likeness (QED) is 0.641. The fourth-order valence-corrected chi connectivity index (χ4v) is 4.97. The van der Waals surface area contributed by atoms with E-state index in [9.17, 15) is 9.90 Å². The van der Waals surface area contributed by atoms with Gasteiger partial charge >= 0.3 is 0 Å². The minimum Gasteiger partial charge on any atom is -0.489 e. The molecule has 1 heterocycles. The van der Waals surface area contributed by atoms with Crippen LogP contribution in [-0.2, 0) is 4.79 Å². The molecule has 3 nitrogen and oxygen atoms in total. The van der Waals surface area contributed by atoms with Crippen LogP contribution in [0.3, 0.4) is 0 Å². The van der Waals surface area contributed by atoms with Gasteiger partial charge in [-0.15, -0.1) is 11.6 Å². The molecule has 3 aliphatic carbocycles. The van der Waals surface area contributed by atoms with Crippen molar-refractivity contribution in [3.05, 3.63) is 41.5 Å². The summed E-state index contributed by atoms with van der Waals surface area (Å²) >= 11 is 5.99. The third-order valence-electron chi connectivity index (χ3n) is 5.44. The van der Waals surface area contributed by atoms with Gasteiger partial charge in [-0.25, -0.2) is 0 Å². The number of aliphatic hydroxyl groups is 1. The average Bonchev–Trinajstić information content (AvgIpc) is 2.84. The third-order valence-corrected chi connectivity index (χ3v) is 5.85. The van der Waals surface area contributed by atoms with Gasteiger partial charge in [0, 0.05) is 11.5 Å². The number of hydrogen-bond donors (Lipinski definition) is 1. The fourth-order valence-electron chi connectivity index (χ4n) is 4.68. The van der Waals surface area contributed by atoms with Crippen LogP contribution in [0.25, 0.3) is 0 Å². The van der Waals surface area contributed by atoms with Crippen molar-refractivity contribution in [2.24, 2.45) is 11.3 Å². The molecule has 4 aliphatic rings. The smallest absolute Gasteiger partial charge is 0.176 e. The number of carbonyl (C=O) groups excluding carboxylic acids is 1. The van der Waals surface area contributed by atoms with E-state index >= 15 is 0 Å². The molecule has 1 aliphatic heterocycles. The molecule has 1 N–H and O–H groups in total. The van der Waals surface area contributed by atoms with E-state index in [1.807, 2.05) is 44.2 Å². The zero-order valence-electron chi connectivity index (χ0n) is 12.0. The van der Waals surface area contributed by atoms with Crippen molar-refractivity contribution in [1.82, 2.24) is 0 Å². The molecule has 21 heavy (non-hydrogen) atoms. The summed E-state index contributed by atoms with van der Waals surface area (Å²) in [6.45, 7) is 3.85. The number of alkyl halides is 1. The fraction of sp³-hybridized carbons (Fsp3) is 0.471. The Morgan fingerprint density at radius 1 is 1.33 bits per heavy atom. The second kappa shape index (κ2) is 3.90. The highest BCUT2D eigenvalue weighted by molar-refractivity contribution is 6.21. The third kappa shape index (κ3) is 1.37. The standard InChI is InChI=1S/C17H17ClO3/c1-9-7-16(2)13-10-5-3-4-6-11(10)21-14(13)12(9)17(20,8-18)15(16)19/h3-7,12-14,20H,8H2,1-2H3/t12-,13+,14+,16+,17+/m0/s1. The molecule has 5 atom stereocenters. The van der Waals surface area contributed by atoms with Gasteiger partial charge in [0.25, 0.3) is 0 Å². The summed E-state index contributed by atoms with van der Waals surface area (Å²) in [5.74, 6) is 0.126. The van der Waals surface area contributed by atoms with Crippen molar-refractivity contribution in [3.63, 3.8) is 0 Å². The molecule has 5 rings (SSSR count). The van der Waals surface area contributed by atoms with Crippen molar-refractivity contribution in [2.45, 2.75) is 31.5 Å². The number of halogens is 1. The number of ether oxygens (including phenoxy) is 1. The number of carbonyl (C=O) groups is 1. The Bertz CT molecular complexity index is 682. The predicted molar refractivity (Wildman–Crippen MR) is 79.6 cm³/mol. The lowest BCUT2D eigenvalue weighted by molar-refractivity contribution is -0.165. The molecule has 1 aromatic carbocycles. The summed E-state index contributed by atoms with van der Waals surface area (Å²) in [7, 11) is 0. The number of rotatable bonds is 1. The monoisotopic (exact) mass is 304 g/mol. The Balaban J connectivity index is 1.97. The lowest BCUT2D eigenvalue weighted by atomic mass is 9.49. The summed E-state index contributed by atoms with van der Waals surface area (Å²) in [5, 5.41) is 10.9. The van der Waals surface area contributed by atoms with Crippen LogP contribution >= 0.6 is 11.6 Å². The molecule has 1 aromatic rings. The number of benzene rings is 1. The first-order chi connectivity index (χ1) is 9.93. The Morgan fingerprint density at radius 3 is 2.76 bits per heavy atom. The molecule has 1 fully saturated rings. The molecule has 0 aromatic heterocycles. The van der Waals surface area contributed by atoms with Gasteiger partial charge in [-0.3, -0.25) is 4.79 Å². The Kier molecular flexibility index (Phi) is 2.48. The summed E-state index contributed by atoms with van der Waals surface area (Å²) < 4.78 is 6.11. The summed E-state index contributed by atoms with van der Waals surface area (Å²) in [4.78, 5) is 12.9. The second-order valence-corrected chi connectivity index (χ2v) is 6.90. The molecule has 0 unspecified atom stereocenters.